The van der Waals surface area contributed by atoms with Crippen molar-refractivity contribution in [2.75, 3.05) is 19.5 Å². The molecule has 1 aliphatic carbocycles. The van der Waals surface area contributed by atoms with Crippen LogP contribution in [0.15, 0.2) is 66.9 Å². The molecule has 6 rings (SSSR count). The third-order valence-electron chi connectivity index (χ3n) is 7.20. The molecule has 7 heteroatoms. The first-order chi connectivity index (χ1) is 17.7. The molecule has 0 spiro atoms. The highest BCUT2D eigenvalue weighted by atomic mass is 32.1. The number of hydrogen-bond donors (Lipinski definition) is 1. The Morgan fingerprint density at radius 3 is 2.61 bits per heavy atom. The number of benzene rings is 2. The summed E-state index contributed by atoms with van der Waals surface area (Å²) in [7, 11) is 3.22. The van der Waals surface area contributed by atoms with Crippen molar-refractivity contribution >= 4 is 23.1 Å². The number of fused-ring (bicyclic) bond motifs is 5. The minimum absolute atomic E-state index is 0.174. The molecule has 0 bridgehead atoms. The number of urea groups is 1. The van der Waals surface area contributed by atoms with Gasteiger partial charge in [-0.15, -0.1) is 11.3 Å². The van der Waals surface area contributed by atoms with Gasteiger partial charge in [-0.3, -0.25) is 0 Å². The SMILES string of the molecule is COc1ccc(OC)c(NC(=O)N2Cc3c(sc4c3CCCC4)-n3cccc3[C@@H]2c2ccccc2)c1. The van der Waals surface area contributed by atoms with Crippen molar-refractivity contribution in [1.82, 2.24) is 9.47 Å². The first-order valence-electron chi connectivity index (χ1n) is 12.3. The van der Waals surface area contributed by atoms with Crippen LogP contribution < -0.4 is 14.8 Å². The Morgan fingerprint density at radius 2 is 1.81 bits per heavy atom. The van der Waals surface area contributed by atoms with Gasteiger partial charge in [-0.25, -0.2) is 4.79 Å². The number of rotatable bonds is 4. The second-order valence-electron chi connectivity index (χ2n) is 9.24. The number of ether oxygens (including phenoxy) is 2. The van der Waals surface area contributed by atoms with Crippen molar-refractivity contribution in [1.29, 1.82) is 0 Å². The molecule has 2 amide bonds. The van der Waals surface area contributed by atoms with Gasteiger partial charge in [0.2, 0.25) is 0 Å². The highest BCUT2D eigenvalue weighted by molar-refractivity contribution is 7.15. The maximum absolute atomic E-state index is 14.1. The summed E-state index contributed by atoms with van der Waals surface area (Å²) >= 11 is 1.89. The normalized spacial score (nSPS) is 16.4. The average Bonchev–Trinajstić information content (AvgIpc) is 3.51. The van der Waals surface area contributed by atoms with Crippen LogP contribution in [-0.4, -0.2) is 29.7 Å². The number of hydrogen-bond acceptors (Lipinski definition) is 4. The number of anilines is 1. The summed E-state index contributed by atoms with van der Waals surface area (Å²) in [5.41, 5.74) is 5.46. The summed E-state index contributed by atoms with van der Waals surface area (Å²) in [6.07, 6.45) is 6.77. The second kappa shape index (κ2) is 9.39. The van der Waals surface area contributed by atoms with E-state index in [0.29, 0.717) is 23.7 Å². The van der Waals surface area contributed by atoms with Crippen LogP contribution in [0, 0.1) is 0 Å². The van der Waals surface area contributed by atoms with Crippen LogP contribution in [0.1, 0.15) is 46.1 Å². The van der Waals surface area contributed by atoms with Gasteiger partial charge in [-0.05, 0) is 61.1 Å². The first kappa shape index (κ1) is 22.7. The molecule has 1 N–H and O–H groups in total. The number of aromatic nitrogens is 1. The van der Waals surface area contributed by atoms with Crippen molar-refractivity contribution < 1.29 is 14.3 Å². The van der Waals surface area contributed by atoms with Crippen LogP contribution in [-0.2, 0) is 19.4 Å². The van der Waals surface area contributed by atoms with Gasteiger partial charge in [0.25, 0.3) is 0 Å². The van der Waals surface area contributed by atoms with E-state index in [-0.39, 0.29) is 12.1 Å². The molecule has 2 aliphatic rings. The van der Waals surface area contributed by atoms with Crippen molar-refractivity contribution in [3.63, 3.8) is 0 Å². The van der Waals surface area contributed by atoms with Gasteiger partial charge in [0.1, 0.15) is 16.5 Å². The van der Waals surface area contributed by atoms with E-state index in [2.05, 4.69) is 40.3 Å². The standard InChI is InChI=1S/C29H29N3O3S/c1-34-20-14-15-25(35-2)23(17-20)30-29(33)32-18-22-21-11-6-7-13-26(21)36-28(22)31-16-8-12-24(31)27(32)19-9-4-3-5-10-19/h3-5,8-10,12,14-17,27H,6-7,11,13,18H2,1-2H3,(H,30,33)/t27-/m0/s1. The minimum Gasteiger partial charge on any atom is -0.497 e. The number of nitrogens with zero attached hydrogens (tertiary/aromatic N) is 2. The van der Waals surface area contributed by atoms with Gasteiger partial charge >= 0.3 is 6.03 Å². The summed E-state index contributed by atoms with van der Waals surface area (Å²) in [4.78, 5) is 17.6. The van der Waals surface area contributed by atoms with Gasteiger partial charge in [0, 0.05) is 22.7 Å². The molecule has 3 heterocycles. The van der Waals surface area contributed by atoms with Gasteiger partial charge in [0.05, 0.1) is 38.2 Å². The van der Waals surface area contributed by atoms with Crippen molar-refractivity contribution in [3.8, 4) is 16.5 Å². The van der Waals surface area contributed by atoms with Gasteiger partial charge in [-0.1, -0.05) is 30.3 Å². The predicted molar refractivity (Wildman–Crippen MR) is 143 cm³/mol. The number of thiophene rings is 1. The van der Waals surface area contributed by atoms with Crippen molar-refractivity contribution in [3.05, 3.63) is 94.1 Å². The number of carbonyl (C=O) groups is 1. The highest BCUT2D eigenvalue weighted by Crippen LogP contribution is 2.44. The zero-order valence-electron chi connectivity index (χ0n) is 20.5. The Morgan fingerprint density at radius 1 is 0.972 bits per heavy atom. The fraction of sp³-hybridized carbons (Fsp3) is 0.276. The topological polar surface area (TPSA) is 55.7 Å². The lowest BCUT2D eigenvalue weighted by Crippen LogP contribution is -2.38. The second-order valence-corrected chi connectivity index (χ2v) is 10.3. The molecule has 0 fully saturated rings. The monoisotopic (exact) mass is 499 g/mol. The summed E-state index contributed by atoms with van der Waals surface area (Å²) < 4.78 is 13.2. The minimum atomic E-state index is -0.239. The van der Waals surface area contributed by atoms with E-state index in [1.165, 1.54) is 33.8 Å². The highest BCUT2D eigenvalue weighted by Gasteiger charge is 2.36. The van der Waals surface area contributed by atoms with Crippen LogP contribution in [0.4, 0.5) is 10.5 Å². The van der Waals surface area contributed by atoms with Crippen molar-refractivity contribution in [2.45, 2.75) is 38.3 Å². The molecule has 6 nitrogen and oxygen atoms in total. The summed E-state index contributed by atoms with van der Waals surface area (Å²) in [6.45, 7) is 0.542. The lowest BCUT2D eigenvalue weighted by Gasteiger charge is -2.31. The Kier molecular flexibility index (Phi) is 5.93. The molecule has 0 unspecified atom stereocenters. The number of aryl methyl sites for hydroxylation is 1. The van der Waals surface area contributed by atoms with Crippen molar-refractivity contribution in [2.24, 2.45) is 0 Å². The fourth-order valence-corrected chi connectivity index (χ4v) is 6.88. The van der Waals surface area contributed by atoms with E-state index in [1.54, 1.807) is 20.3 Å². The van der Waals surface area contributed by atoms with Crippen LogP contribution in [0.2, 0.25) is 0 Å². The number of amides is 2. The number of carbonyl (C=O) groups excluding carboxylic acids is 1. The Labute approximate surface area is 215 Å². The third-order valence-corrected chi connectivity index (χ3v) is 8.54. The molecule has 2 aromatic heterocycles. The molecule has 0 saturated carbocycles. The van der Waals surface area contributed by atoms with Gasteiger partial charge < -0.3 is 24.3 Å². The number of nitrogens with one attached hydrogen (secondary N) is 1. The van der Waals surface area contributed by atoms with E-state index in [9.17, 15) is 4.79 Å². The van der Waals surface area contributed by atoms with Gasteiger partial charge in [0.15, 0.2) is 0 Å². The molecular formula is C29H29N3O3S. The molecule has 4 aromatic rings. The quantitative estimate of drug-likeness (QED) is 0.345. The summed E-state index contributed by atoms with van der Waals surface area (Å²) in [5, 5.41) is 4.38. The largest absolute Gasteiger partial charge is 0.497 e. The fourth-order valence-electron chi connectivity index (χ4n) is 5.47. The first-order valence-corrected chi connectivity index (χ1v) is 13.1. The molecule has 0 saturated heterocycles. The van der Waals surface area contributed by atoms with E-state index in [4.69, 9.17) is 9.47 Å². The maximum atomic E-state index is 14.1. The van der Waals surface area contributed by atoms with Crippen LogP contribution in [0.5, 0.6) is 11.5 Å². The molecular weight excluding hydrogens is 470 g/mol. The molecule has 1 aliphatic heterocycles. The van der Waals surface area contributed by atoms with E-state index < -0.39 is 0 Å². The third kappa shape index (κ3) is 3.84. The summed E-state index contributed by atoms with van der Waals surface area (Å²) in [5.74, 6) is 1.25. The summed E-state index contributed by atoms with van der Waals surface area (Å²) in [6, 6.07) is 19.5. The van der Waals surface area contributed by atoms with E-state index in [0.717, 1.165) is 24.1 Å². The zero-order chi connectivity index (χ0) is 24.6. The van der Waals surface area contributed by atoms with Crippen LogP contribution in [0.25, 0.3) is 5.00 Å². The Hall–Kier alpha value is -3.71. The molecule has 0 radical (unpaired) electrons. The maximum Gasteiger partial charge on any atom is 0.323 e. The molecule has 36 heavy (non-hydrogen) atoms. The predicted octanol–water partition coefficient (Wildman–Crippen LogP) is 6.57. The molecule has 1 atom stereocenters. The smallest absolute Gasteiger partial charge is 0.323 e. The zero-order valence-corrected chi connectivity index (χ0v) is 21.3. The van der Waals surface area contributed by atoms with Gasteiger partial charge in [-0.2, -0.15) is 0 Å². The number of methoxy groups -OCH3 is 2. The van der Waals surface area contributed by atoms with Crippen LogP contribution in [0.3, 0.4) is 0 Å². The Balaban J connectivity index is 1.48. The van der Waals surface area contributed by atoms with E-state index in [1.807, 2.05) is 46.6 Å². The lowest BCUT2D eigenvalue weighted by molar-refractivity contribution is 0.194. The Bertz CT molecular complexity index is 1410. The van der Waals surface area contributed by atoms with E-state index >= 15 is 0 Å². The molecule has 184 valence electrons. The average molecular weight is 500 g/mol. The molecule has 2 aromatic carbocycles. The lowest BCUT2D eigenvalue weighted by atomic mass is 9.95. The van der Waals surface area contributed by atoms with Crippen LogP contribution >= 0.6 is 11.3 Å².